The predicted octanol–water partition coefficient (Wildman–Crippen LogP) is 3.66. The molecule has 0 aromatic rings. The summed E-state index contributed by atoms with van der Waals surface area (Å²) in [4.78, 5) is 0. The Balaban J connectivity index is 2.63. The van der Waals surface area contributed by atoms with E-state index in [0.29, 0.717) is 5.92 Å². The van der Waals surface area contributed by atoms with Crippen molar-refractivity contribution in [2.75, 3.05) is 0 Å². The molecule has 1 rings (SSSR count). The van der Waals surface area contributed by atoms with Crippen molar-refractivity contribution in [3.63, 3.8) is 0 Å². The Hall–Kier alpha value is -0.520. The van der Waals surface area contributed by atoms with Gasteiger partial charge in [0.1, 0.15) is 0 Å². The van der Waals surface area contributed by atoms with Crippen LogP contribution in [0.25, 0.3) is 0 Å². The lowest BCUT2D eigenvalue weighted by atomic mass is 9.69. The fourth-order valence-electron chi connectivity index (χ4n) is 2.28. The van der Waals surface area contributed by atoms with Crippen molar-refractivity contribution in [2.45, 2.75) is 26.7 Å². The standard InChI is InChI=1S/C12H20/c1-5-11-7-9(3)10(4)12(6-2)8-11/h5-6,9-12H,1-2,7-8H2,3-4H3/t9-,10-,11+,12-/m1/s1. The van der Waals surface area contributed by atoms with Gasteiger partial charge in [-0.15, -0.1) is 13.2 Å². The van der Waals surface area contributed by atoms with Gasteiger partial charge in [0.15, 0.2) is 0 Å². The fourth-order valence-corrected chi connectivity index (χ4v) is 2.28. The summed E-state index contributed by atoms with van der Waals surface area (Å²) < 4.78 is 0. The van der Waals surface area contributed by atoms with Crippen LogP contribution in [0.1, 0.15) is 26.7 Å². The van der Waals surface area contributed by atoms with E-state index in [-0.39, 0.29) is 0 Å². The summed E-state index contributed by atoms with van der Waals surface area (Å²) in [5.41, 5.74) is 0. The Morgan fingerprint density at radius 2 is 1.75 bits per heavy atom. The Kier molecular flexibility index (Phi) is 3.13. The molecule has 0 N–H and O–H groups in total. The number of rotatable bonds is 2. The molecule has 1 saturated carbocycles. The average molecular weight is 164 g/mol. The summed E-state index contributed by atoms with van der Waals surface area (Å²) in [6, 6.07) is 0. The lowest BCUT2D eigenvalue weighted by molar-refractivity contribution is 0.184. The molecule has 68 valence electrons. The molecule has 0 aliphatic heterocycles. The highest BCUT2D eigenvalue weighted by molar-refractivity contribution is 4.95. The zero-order chi connectivity index (χ0) is 9.14. The van der Waals surface area contributed by atoms with E-state index in [1.54, 1.807) is 0 Å². The van der Waals surface area contributed by atoms with Crippen LogP contribution < -0.4 is 0 Å². The molecule has 0 heteroatoms. The molecule has 1 fully saturated rings. The van der Waals surface area contributed by atoms with Gasteiger partial charge in [0.2, 0.25) is 0 Å². The molecule has 0 saturated heterocycles. The van der Waals surface area contributed by atoms with Crippen LogP contribution in [0.15, 0.2) is 25.3 Å². The molecule has 0 unspecified atom stereocenters. The van der Waals surface area contributed by atoms with E-state index in [0.717, 1.165) is 17.8 Å². The van der Waals surface area contributed by atoms with Crippen LogP contribution in [-0.2, 0) is 0 Å². The first-order valence-corrected chi connectivity index (χ1v) is 4.94. The van der Waals surface area contributed by atoms with Crippen molar-refractivity contribution in [1.29, 1.82) is 0 Å². The van der Waals surface area contributed by atoms with Gasteiger partial charge in [-0.2, -0.15) is 0 Å². The molecule has 0 spiro atoms. The van der Waals surface area contributed by atoms with Crippen LogP contribution in [0.5, 0.6) is 0 Å². The van der Waals surface area contributed by atoms with Crippen molar-refractivity contribution in [3.8, 4) is 0 Å². The fraction of sp³-hybridized carbons (Fsp3) is 0.667. The maximum absolute atomic E-state index is 3.90. The molecule has 12 heavy (non-hydrogen) atoms. The normalized spacial score (nSPS) is 42.2. The van der Waals surface area contributed by atoms with Gasteiger partial charge in [-0.05, 0) is 36.5 Å². The summed E-state index contributed by atoms with van der Waals surface area (Å²) in [5.74, 6) is 3.06. The summed E-state index contributed by atoms with van der Waals surface area (Å²) >= 11 is 0. The van der Waals surface area contributed by atoms with Crippen LogP contribution in [0.2, 0.25) is 0 Å². The maximum Gasteiger partial charge on any atom is -0.0202 e. The zero-order valence-corrected chi connectivity index (χ0v) is 8.29. The van der Waals surface area contributed by atoms with Gasteiger partial charge in [-0.25, -0.2) is 0 Å². The lowest BCUT2D eigenvalue weighted by Crippen LogP contribution is -2.27. The second-order valence-corrected chi connectivity index (χ2v) is 4.20. The third-order valence-corrected chi connectivity index (χ3v) is 3.46. The van der Waals surface area contributed by atoms with Gasteiger partial charge in [0, 0.05) is 0 Å². The maximum atomic E-state index is 3.90. The first-order chi connectivity index (χ1) is 5.69. The number of hydrogen-bond acceptors (Lipinski definition) is 0. The van der Waals surface area contributed by atoms with Gasteiger partial charge in [0.05, 0.1) is 0 Å². The highest BCUT2D eigenvalue weighted by Gasteiger charge is 2.29. The van der Waals surface area contributed by atoms with Crippen molar-refractivity contribution < 1.29 is 0 Å². The molecule has 0 amide bonds. The molecule has 1 aliphatic rings. The molecule has 0 radical (unpaired) electrons. The van der Waals surface area contributed by atoms with E-state index in [4.69, 9.17) is 0 Å². The first kappa shape index (κ1) is 9.57. The second kappa shape index (κ2) is 3.93. The first-order valence-electron chi connectivity index (χ1n) is 4.94. The molecule has 0 bridgehead atoms. The van der Waals surface area contributed by atoms with Crippen LogP contribution in [0.3, 0.4) is 0 Å². The summed E-state index contributed by atoms with van der Waals surface area (Å²) in [5, 5.41) is 0. The molecule has 1 aliphatic carbocycles. The van der Waals surface area contributed by atoms with Crippen molar-refractivity contribution in [3.05, 3.63) is 25.3 Å². The topological polar surface area (TPSA) is 0 Å². The van der Waals surface area contributed by atoms with E-state index in [1.165, 1.54) is 12.8 Å². The molecular weight excluding hydrogens is 144 g/mol. The van der Waals surface area contributed by atoms with Crippen molar-refractivity contribution >= 4 is 0 Å². The molecule has 0 aromatic heterocycles. The minimum atomic E-state index is 0.705. The SMILES string of the molecule is C=C[C@H]1C[C@@H](C)[C@@H](C)[C@H](C=C)C1. The minimum Gasteiger partial charge on any atom is -0.103 e. The average Bonchev–Trinajstić information content (AvgIpc) is 2.09. The van der Waals surface area contributed by atoms with Crippen molar-refractivity contribution in [2.24, 2.45) is 23.7 Å². The highest BCUT2D eigenvalue weighted by atomic mass is 14.3. The van der Waals surface area contributed by atoms with E-state index in [9.17, 15) is 0 Å². The van der Waals surface area contributed by atoms with Crippen LogP contribution >= 0.6 is 0 Å². The van der Waals surface area contributed by atoms with E-state index < -0.39 is 0 Å². The van der Waals surface area contributed by atoms with Gasteiger partial charge < -0.3 is 0 Å². The highest BCUT2D eigenvalue weighted by Crippen LogP contribution is 2.38. The number of hydrogen-bond donors (Lipinski definition) is 0. The van der Waals surface area contributed by atoms with E-state index in [1.807, 2.05) is 0 Å². The smallest absolute Gasteiger partial charge is 0.0202 e. The summed E-state index contributed by atoms with van der Waals surface area (Å²) in [6.07, 6.45) is 6.81. The van der Waals surface area contributed by atoms with Crippen molar-refractivity contribution in [1.82, 2.24) is 0 Å². The molecule has 0 heterocycles. The van der Waals surface area contributed by atoms with Crippen LogP contribution in [0.4, 0.5) is 0 Å². The Bertz CT molecular complexity index is 169. The Morgan fingerprint density at radius 1 is 1.08 bits per heavy atom. The monoisotopic (exact) mass is 164 g/mol. The second-order valence-electron chi connectivity index (χ2n) is 4.20. The summed E-state index contributed by atoms with van der Waals surface area (Å²) in [6.45, 7) is 12.5. The van der Waals surface area contributed by atoms with Crippen LogP contribution in [0, 0.1) is 23.7 Å². The number of allylic oxidation sites excluding steroid dienone is 2. The Labute approximate surface area is 76.4 Å². The minimum absolute atomic E-state index is 0.705. The summed E-state index contributed by atoms with van der Waals surface area (Å²) in [7, 11) is 0. The quantitative estimate of drug-likeness (QED) is 0.546. The third-order valence-electron chi connectivity index (χ3n) is 3.46. The predicted molar refractivity (Wildman–Crippen MR) is 54.9 cm³/mol. The third kappa shape index (κ3) is 1.80. The largest absolute Gasteiger partial charge is 0.103 e. The Morgan fingerprint density at radius 3 is 2.25 bits per heavy atom. The zero-order valence-electron chi connectivity index (χ0n) is 8.29. The molecule has 4 atom stereocenters. The van der Waals surface area contributed by atoms with Gasteiger partial charge in [0.25, 0.3) is 0 Å². The van der Waals surface area contributed by atoms with Gasteiger partial charge >= 0.3 is 0 Å². The van der Waals surface area contributed by atoms with Crippen LogP contribution in [-0.4, -0.2) is 0 Å². The van der Waals surface area contributed by atoms with E-state index in [2.05, 4.69) is 39.2 Å². The molecule has 0 aromatic carbocycles. The van der Waals surface area contributed by atoms with E-state index >= 15 is 0 Å². The lowest BCUT2D eigenvalue weighted by Gasteiger charge is -2.36. The van der Waals surface area contributed by atoms with Gasteiger partial charge in [-0.1, -0.05) is 26.0 Å². The van der Waals surface area contributed by atoms with Gasteiger partial charge in [-0.3, -0.25) is 0 Å². The molecule has 0 nitrogen and oxygen atoms in total. The molecular formula is C12H20.